The lowest BCUT2D eigenvalue weighted by atomic mass is 9.76. The summed E-state index contributed by atoms with van der Waals surface area (Å²) >= 11 is 0. The Morgan fingerprint density at radius 2 is 2.00 bits per heavy atom. The number of rotatable bonds is 1. The van der Waals surface area contributed by atoms with E-state index in [0.717, 1.165) is 13.0 Å². The summed E-state index contributed by atoms with van der Waals surface area (Å²) in [5, 5.41) is 24.1. The first kappa shape index (κ1) is 17.2. The van der Waals surface area contributed by atoms with Crippen LogP contribution >= 0.6 is 0 Å². The van der Waals surface area contributed by atoms with Gasteiger partial charge in [-0.1, -0.05) is 24.3 Å². The average Bonchev–Trinajstić information content (AvgIpc) is 3.13. The minimum Gasteiger partial charge on any atom is -0.506 e. The van der Waals surface area contributed by atoms with Gasteiger partial charge < -0.3 is 24.8 Å². The minimum atomic E-state index is -0.653. The molecule has 7 heteroatoms. The summed E-state index contributed by atoms with van der Waals surface area (Å²) < 4.78 is 1.63. The Morgan fingerprint density at radius 3 is 2.82 bits per heavy atom. The van der Waals surface area contributed by atoms with Crippen molar-refractivity contribution in [3.05, 3.63) is 65.6 Å². The number of nitrogens with one attached hydrogen (secondary N) is 1. The zero-order valence-corrected chi connectivity index (χ0v) is 15.4. The van der Waals surface area contributed by atoms with E-state index in [9.17, 15) is 15.0 Å². The van der Waals surface area contributed by atoms with Gasteiger partial charge in [0.05, 0.1) is 17.8 Å². The monoisotopic (exact) mass is 378 g/mol. The number of aromatic nitrogens is 2. The van der Waals surface area contributed by atoms with Gasteiger partial charge in [0.1, 0.15) is 17.1 Å². The maximum Gasteiger partial charge on any atom is 0.274 e. The minimum absolute atomic E-state index is 0.114. The summed E-state index contributed by atoms with van der Waals surface area (Å²) in [6, 6.07) is 11.5. The molecule has 7 nitrogen and oxygen atoms in total. The van der Waals surface area contributed by atoms with Crippen LogP contribution < -0.4 is 5.32 Å². The van der Waals surface area contributed by atoms with Crippen molar-refractivity contribution < 1.29 is 15.0 Å². The molecule has 0 aliphatic carbocycles. The highest BCUT2D eigenvalue weighted by atomic mass is 16.3. The summed E-state index contributed by atoms with van der Waals surface area (Å²) in [5.74, 6) is -0.0869. The molecule has 144 valence electrons. The van der Waals surface area contributed by atoms with E-state index in [1.165, 1.54) is 23.4 Å². The maximum atomic E-state index is 12.9. The van der Waals surface area contributed by atoms with Gasteiger partial charge in [0.2, 0.25) is 0 Å². The van der Waals surface area contributed by atoms with Crippen LogP contribution in [0.4, 0.5) is 0 Å². The number of hydrogen-bond donors (Lipinski definition) is 3. The molecule has 1 saturated heterocycles. The number of carbonyl (C=O) groups excluding carboxylic acids is 1. The predicted octanol–water partition coefficient (Wildman–Crippen LogP) is 1.33. The summed E-state index contributed by atoms with van der Waals surface area (Å²) in [5.41, 5.74) is 3.05. The number of aliphatic hydroxyl groups is 1. The van der Waals surface area contributed by atoms with Crippen LogP contribution in [0, 0.1) is 0 Å². The predicted molar refractivity (Wildman–Crippen MR) is 103 cm³/mol. The number of β-amino-alcohol motifs (C(OH)–C–C–N with tert-alkyl or cyclic N) is 1. The van der Waals surface area contributed by atoms with Crippen molar-refractivity contribution in [2.45, 2.75) is 31.0 Å². The molecule has 2 atom stereocenters. The molecule has 0 bridgehead atoms. The number of fused-ring (bicyclic) bond motifs is 2. The number of aliphatic hydroxyl groups excluding tert-OH is 1. The van der Waals surface area contributed by atoms with Crippen molar-refractivity contribution >= 4 is 11.6 Å². The van der Waals surface area contributed by atoms with Gasteiger partial charge in [-0.15, -0.1) is 0 Å². The Balaban J connectivity index is 1.35. The summed E-state index contributed by atoms with van der Waals surface area (Å²) in [6.45, 7) is 1.56. The van der Waals surface area contributed by atoms with Crippen LogP contribution in [-0.2, 0) is 13.0 Å². The third kappa shape index (κ3) is 2.75. The first-order valence-electron chi connectivity index (χ1n) is 9.51. The fraction of sp³-hybridized carbons (Fsp3) is 0.333. The maximum absolute atomic E-state index is 12.9. The molecule has 3 aromatic rings. The Bertz CT molecular complexity index is 1060. The van der Waals surface area contributed by atoms with E-state index in [1.54, 1.807) is 21.6 Å². The van der Waals surface area contributed by atoms with Crippen LogP contribution in [0.15, 0.2) is 48.8 Å². The molecule has 0 saturated carbocycles. The van der Waals surface area contributed by atoms with Gasteiger partial charge in [-0.3, -0.25) is 4.79 Å². The summed E-state index contributed by atoms with van der Waals surface area (Å²) in [6.07, 6.45) is 3.92. The molecule has 1 fully saturated rings. The molecule has 0 radical (unpaired) electrons. The molecule has 3 N–H and O–H groups in total. The molecule has 5 rings (SSSR count). The molecule has 2 aliphatic rings. The highest BCUT2D eigenvalue weighted by Crippen LogP contribution is 2.32. The molecule has 0 unspecified atom stereocenters. The average molecular weight is 378 g/mol. The Morgan fingerprint density at radius 1 is 1.18 bits per heavy atom. The highest BCUT2D eigenvalue weighted by molar-refractivity contribution is 5.93. The molecule has 1 amide bonds. The van der Waals surface area contributed by atoms with Gasteiger partial charge in [-0.25, -0.2) is 4.98 Å². The third-order valence-corrected chi connectivity index (χ3v) is 6.06. The van der Waals surface area contributed by atoms with Gasteiger partial charge >= 0.3 is 0 Å². The second-order valence-electron chi connectivity index (χ2n) is 7.75. The number of benzene rings is 1. The lowest BCUT2D eigenvalue weighted by Crippen LogP contribution is -2.65. The summed E-state index contributed by atoms with van der Waals surface area (Å²) in [7, 11) is 0. The molecular weight excluding hydrogens is 356 g/mol. The van der Waals surface area contributed by atoms with Crippen LogP contribution in [0.3, 0.4) is 0 Å². The van der Waals surface area contributed by atoms with Crippen molar-refractivity contribution in [1.29, 1.82) is 0 Å². The second-order valence-corrected chi connectivity index (χ2v) is 7.75. The molecule has 2 aromatic heterocycles. The smallest absolute Gasteiger partial charge is 0.274 e. The fourth-order valence-corrected chi connectivity index (χ4v) is 4.39. The zero-order valence-electron chi connectivity index (χ0n) is 15.4. The molecule has 4 heterocycles. The van der Waals surface area contributed by atoms with Gasteiger partial charge in [0.25, 0.3) is 5.91 Å². The third-order valence-electron chi connectivity index (χ3n) is 6.06. The Kier molecular flexibility index (Phi) is 3.89. The molecule has 1 aromatic carbocycles. The van der Waals surface area contributed by atoms with E-state index in [1.807, 2.05) is 12.1 Å². The second kappa shape index (κ2) is 6.32. The molecule has 28 heavy (non-hydrogen) atoms. The van der Waals surface area contributed by atoms with Crippen LogP contribution in [0.2, 0.25) is 0 Å². The van der Waals surface area contributed by atoms with Crippen molar-refractivity contribution in [3.8, 4) is 5.75 Å². The first-order valence-corrected chi connectivity index (χ1v) is 9.51. The van der Waals surface area contributed by atoms with Crippen LogP contribution in [-0.4, -0.2) is 55.1 Å². The van der Waals surface area contributed by atoms with Crippen molar-refractivity contribution in [3.63, 3.8) is 0 Å². The lowest BCUT2D eigenvalue weighted by molar-refractivity contribution is -0.0140. The first-order chi connectivity index (χ1) is 13.5. The Labute approximate surface area is 162 Å². The van der Waals surface area contributed by atoms with Crippen molar-refractivity contribution in [2.75, 3.05) is 13.1 Å². The van der Waals surface area contributed by atoms with Gasteiger partial charge in [0.15, 0.2) is 0 Å². The lowest BCUT2D eigenvalue weighted by Gasteiger charge is -2.48. The van der Waals surface area contributed by atoms with Gasteiger partial charge in [0, 0.05) is 25.8 Å². The number of pyridine rings is 1. The van der Waals surface area contributed by atoms with Gasteiger partial charge in [-0.05, 0) is 36.1 Å². The van der Waals surface area contributed by atoms with E-state index < -0.39 is 11.6 Å². The number of imidazole rings is 1. The number of carbonyl (C=O) groups is 1. The summed E-state index contributed by atoms with van der Waals surface area (Å²) in [4.78, 5) is 18.9. The van der Waals surface area contributed by atoms with Gasteiger partial charge in [-0.2, -0.15) is 0 Å². The molecule has 2 aliphatic heterocycles. The van der Waals surface area contributed by atoms with E-state index in [0.29, 0.717) is 24.3 Å². The molecular formula is C21H22N4O3. The highest BCUT2D eigenvalue weighted by Gasteiger charge is 2.45. The largest absolute Gasteiger partial charge is 0.506 e. The van der Waals surface area contributed by atoms with E-state index in [4.69, 9.17) is 0 Å². The zero-order chi connectivity index (χ0) is 19.3. The Hall–Kier alpha value is -2.90. The quantitative estimate of drug-likeness (QED) is 0.594. The van der Waals surface area contributed by atoms with E-state index >= 15 is 0 Å². The number of hydrogen-bond acceptors (Lipinski definition) is 5. The number of amides is 1. The van der Waals surface area contributed by atoms with Crippen LogP contribution in [0.5, 0.6) is 5.75 Å². The number of likely N-dealkylation sites (tertiary alicyclic amines) is 1. The fourth-order valence-electron chi connectivity index (χ4n) is 4.39. The standard InChI is InChI=1S/C21H22N4O3/c26-16-5-6-19-23-17(12-25(19)11-16)20(28)24-8-7-21(18(27)13-24)9-14-3-1-2-4-15(14)10-22-21/h1-6,11-12,18,22,26-27H,7-10,13H2/t18-,21+/m1/s1. The van der Waals surface area contributed by atoms with E-state index in [2.05, 4.69) is 22.4 Å². The number of piperidine rings is 1. The van der Waals surface area contributed by atoms with Crippen LogP contribution in [0.1, 0.15) is 28.0 Å². The normalized spacial score (nSPS) is 24.5. The van der Waals surface area contributed by atoms with Crippen molar-refractivity contribution in [2.24, 2.45) is 0 Å². The molecule has 1 spiro atoms. The van der Waals surface area contributed by atoms with Crippen molar-refractivity contribution in [1.82, 2.24) is 19.6 Å². The topological polar surface area (TPSA) is 90.1 Å². The van der Waals surface area contributed by atoms with Crippen LogP contribution in [0.25, 0.3) is 5.65 Å². The SMILES string of the molecule is O=C(c1cn2cc(O)ccc2n1)N1CC[C@]2(Cc3ccccc3CN2)[C@H](O)C1. The number of aromatic hydroxyl groups is 1. The number of nitrogens with zero attached hydrogens (tertiary/aromatic N) is 3. The van der Waals surface area contributed by atoms with E-state index in [-0.39, 0.29) is 18.2 Å².